The Hall–Kier alpha value is -1.58. The van der Waals surface area contributed by atoms with Gasteiger partial charge in [0.1, 0.15) is 0 Å². The van der Waals surface area contributed by atoms with Gasteiger partial charge in [-0.3, -0.25) is 4.79 Å². The number of carbonyl (C=O) groups is 2. The first kappa shape index (κ1) is 11.9. The van der Waals surface area contributed by atoms with Gasteiger partial charge in [0.05, 0.1) is 0 Å². The third kappa shape index (κ3) is 2.40. The molecule has 1 aliphatic heterocycles. The van der Waals surface area contributed by atoms with Crippen molar-refractivity contribution in [1.82, 2.24) is 4.90 Å². The predicted molar refractivity (Wildman–Crippen MR) is 63.3 cm³/mol. The lowest BCUT2D eigenvalue weighted by molar-refractivity contribution is -0.129. The van der Waals surface area contributed by atoms with Crippen LogP contribution in [0.3, 0.4) is 0 Å². The van der Waals surface area contributed by atoms with E-state index >= 15 is 0 Å². The molecule has 2 amide bonds. The summed E-state index contributed by atoms with van der Waals surface area (Å²) in [5.41, 5.74) is 0.0289. The van der Waals surface area contributed by atoms with Crippen LogP contribution in [-0.2, 0) is 9.53 Å². The molecule has 2 atom stereocenters. The Morgan fingerprint density at radius 1 is 1.47 bits per heavy atom. The topological polar surface area (TPSA) is 46.6 Å². The van der Waals surface area contributed by atoms with Crippen LogP contribution in [0.2, 0.25) is 0 Å². The molecule has 92 valence electrons. The fourth-order valence-electron chi connectivity index (χ4n) is 2.10. The van der Waals surface area contributed by atoms with E-state index in [4.69, 9.17) is 4.74 Å². The van der Waals surface area contributed by atoms with E-state index in [9.17, 15) is 9.59 Å². The van der Waals surface area contributed by atoms with Gasteiger partial charge in [0.25, 0.3) is 5.91 Å². The zero-order chi connectivity index (χ0) is 12.5. The highest BCUT2D eigenvalue weighted by atomic mass is 16.6. The molecule has 0 N–H and O–H groups in total. The van der Waals surface area contributed by atoms with Crippen LogP contribution in [0.15, 0.2) is 24.3 Å². The maximum atomic E-state index is 11.6. The van der Waals surface area contributed by atoms with E-state index in [1.54, 1.807) is 6.92 Å². The molecule has 1 heterocycles. The van der Waals surface area contributed by atoms with E-state index in [1.165, 1.54) is 4.90 Å². The minimum Gasteiger partial charge on any atom is -0.436 e. The van der Waals surface area contributed by atoms with Gasteiger partial charge in [0, 0.05) is 6.54 Å². The summed E-state index contributed by atoms with van der Waals surface area (Å²) in [4.78, 5) is 24.3. The second-order valence-corrected chi connectivity index (χ2v) is 4.91. The normalized spacial score (nSPS) is 32.1. The van der Waals surface area contributed by atoms with Gasteiger partial charge in [0.15, 0.2) is 6.10 Å². The summed E-state index contributed by atoms with van der Waals surface area (Å²) in [5, 5.41) is 0. The highest BCUT2D eigenvalue weighted by Crippen LogP contribution is 2.31. The Morgan fingerprint density at radius 3 is 2.76 bits per heavy atom. The lowest BCUT2D eigenvalue weighted by Crippen LogP contribution is -2.34. The molecule has 0 radical (unpaired) electrons. The minimum atomic E-state index is -0.628. The lowest BCUT2D eigenvalue weighted by Gasteiger charge is -2.27. The van der Waals surface area contributed by atoms with E-state index in [1.807, 2.05) is 12.2 Å². The van der Waals surface area contributed by atoms with Crippen molar-refractivity contribution < 1.29 is 14.3 Å². The Bertz CT molecular complexity index is 399. The Kier molecular flexibility index (Phi) is 3.05. The van der Waals surface area contributed by atoms with Crippen LogP contribution in [0.1, 0.15) is 26.7 Å². The van der Waals surface area contributed by atoms with Gasteiger partial charge in [-0.15, -0.1) is 0 Å². The maximum absolute atomic E-state index is 11.6. The first-order valence-electron chi connectivity index (χ1n) is 5.88. The van der Waals surface area contributed by atoms with Gasteiger partial charge >= 0.3 is 6.09 Å². The van der Waals surface area contributed by atoms with Crippen LogP contribution in [0.25, 0.3) is 0 Å². The van der Waals surface area contributed by atoms with Crippen molar-refractivity contribution in [3.63, 3.8) is 0 Å². The number of amides is 2. The van der Waals surface area contributed by atoms with Crippen molar-refractivity contribution >= 4 is 12.0 Å². The van der Waals surface area contributed by atoms with Crippen molar-refractivity contribution in [2.75, 3.05) is 6.54 Å². The number of rotatable bonds is 3. The van der Waals surface area contributed by atoms with Crippen LogP contribution < -0.4 is 0 Å². The maximum Gasteiger partial charge on any atom is 0.417 e. The zero-order valence-electron chi connectivity index (χ0n) is 10.2. The molecule has 1 unspecified atom stereocenters. The van der Waals surface area contributed by atoms with Gasteiger partial charge in [-0.2, -0.15) is 0 Å². The Balaban J connectivity index is 1.94. The third-order valence-corrected chi connectivity index (χ3v) is 3.35. The van der Waals surface area contributed by atoms with E-state index in [2.05, 4.69) is 19.1 Å². The Labute approximate surface area is 101 Å². The molecule has 0 aromatic rings. The molecule has 0 saturated carbocycles. The quantitative estimate of drug-likeness (QED) is 0.753. The van der Waals surface area contributed by atoms with E-state index in [0.717, 1.165) is 12.8 Å². The summed E-state index contributed by atoms with van der Waals surface area (Å²) in [7, 11) is 0. The molecular formula is C13H17NO3. The summed E-state index contributed by atoms with van der Waals surface area (Å²) >= 11 is 0. The van der Waals surface area contributed by atoms with Crippen LogP contribution in [0.4, 0.5) is 4.79 Å². The first-order valence-corrected chi connectivity index (χ1v) is 5.88. The van der Waals surface area contributed by atoms with Gasteiger partial charge in [-0.1, -0.05) is 31.2 Å². The van der Waals surface area contributed by atoms with Crippen LogP contribution in [0.5, 0.6) is 0 Å². The van der Waals surface area contributed by atoms with Crippen molar-refractivity contribution in [2.24, 2.45) is 5.41 Å². The number of carbonyl (C=O) groups excluding carboxylic acids is 2. The van der Waals surface area contributed by atoms with Crippen molar-refractivity contribution in [1.29, 1.82) is 0 Å². The lowest BCUT2D eigenvalue weighted by atomic mass is 9.80. The molecule has 0 spiro atoms. The van der Waals surface area contributed by atoms with Crippen LogP contribution >= 0.6 is 0 Å². The molecule has 2 aliphatic rings. The van der Waals surface area contributed by atoms with E-state index < -0.39 is 12.2 Å². The second-order valence-electron chi connectivity index (χ2n) is 4.91. The number of allylic oxidation sites excluding steroid dienone is 4. The number of ether oxygens (including phenoxy) is 1. The summed E-state index contributed by atoms with van der Waals surface area (Å²) in [5.74, 6) is -0.228. The molecule has 0 bridgehead atoms. The largest absolute Gasteiger partial charge is 0.436 e. The number of hydrogen-bond donors (Lipinski definition) is 0. The van der Waals surface area contributed by atoms with Crippen molar-refractivity contribution in [3.05, 3.63) is 24.3 Å². The van der Waals surface area contributed by atoms with Crippen molar-refractivity contribution in [3.8, 4) is 0 Å². The molecule has 17 heavy (non-hydrogen) atoms. The molecular weight excluding hydrogens is 218 g/mol. The predicted octanol–water partition coefficient (Wildman–Crippen LogP) is 2.27. The van der Waals surface area contributed by atoms with Crippen LogP contribution in [-0.4, -0.2) is 29.5 Å². The molecule has 2 rings (SSSR count). The molecule has 0 aromatic carbocycles. The fraction of sp³-hybridized carbons (Fsp3) is 0.538. The zero-order valence-corrected chi connectivity index (χ0v) is 10.2. The molecule has 1 fully saturated rings. The van der Waals surface area contributed by atoms with E-state index in [-0.39, 0.29) is 11.3 Å². The first-order chi connectivity index (χ1) is 8.02. The average molecular weight is 235 g/mol. The van der Waals surface area contributed by atoms with Gasteiger partial charge in [0.2, 0.25) is 0 Å². The van der Waals surface area contributed by atoms with Gasteiger partial charge in [-0.25, -0.2) is 9.69 Å². The second kappa shape index (κ2) is 4.35. The molecule has 4 nitrogen and oxygen atoms in total. The molecule has 0 aromatic heterocycles. The number of cyclic esters (lactones) is 1. The Morgan fingerprint density at radius 2 is 2.24 bits per heavy atom. The standard InChI is InChI=1S/C13H17NO3/c1-10-11(15)14(12(16)17-10)9-8-13(2)6-4-3-5-7-13/h3-6,10H,7-9H2,1-2H3/t10?,13-/m0/s1. The number of imide groups is 1. The smallest absolute Gasteiger partial charge is 0.417 e. The summed E-state index contributed by atoms with van der Waals surface area (Å²) in [6.45, 7) is 4.16. The molecule has 4 heteroatoms. The number of nitrogens with zero attached hydrogens (tertiary/aromatic N) is 1. The monoisotopic (exact) mass is 235 g/mol. The van der Waals surface area contributed by atoms with E-state index in [0.29, 0.717) is 6.54 Å². The summed E-state index contributed by atoms with van der Waals surface area (Å²) in [6.07, 6.45) is 8.82. The highest BCUT2D eigenvalue weighted by molar-refractivity contribution is 5.99. The van der Waals surface area contributed by atoms with Gasteiger partial charge < -0.3 is 4.74 Å². The minimum absolute atomic E-state index is 0.0289. The SMILES string of the molecule is CC1OC(=O)N(CC[C@@]2(C)C=CC=CC2)C1=O. The molecule has 1 saturated heterocycles. The van der Waals surface area contributed by atoms with Gasteiger partial charge in [-0.05, 0) is 25.2 Å². The highest BCUT2D eigenvalue weighted by Gasteiger charge is 2.38. The van der Waals surface area contributed by atoms with Crippen molar-refractivity contribution in [2.45, 2.75) is 32.8 Å². The molecule has 1 aliphatic carbocycles. The fourth-order valence-corrected chi connectivity index (χ4v) is 2.10. The summed E-state index contributed by atoms with van der Waals surface area (Å²) in [6, 6.07) is 0. The number of hydrogen-bond acceptors (Lipinski definition) is 3. The van der Waals surface area contributed by atoms with Crippen LogP contribution in [0, 0.1) is 5.41 Å². The average Bonchev–Trinajstić information content (AvgIpc) is 2.52. The third-order valence-electron chi connectivity index (χ3n) is 3.35. The summed E-state index contributed by atoms with van der Waals surface area (Å²) < 4.78 is 4.86.